The van der Waals surface area contributed by atoms with Crippen molar-refractivity contribution in [1.82, 2.24) is 9.55 Å². The highest BCUT2D eigenvalue weighted by atomic mass is 16.4. The average Bonchev–Trinajstić information content (AvgIpc) is 2.89. The lowest BCUT2D eigenvalue weighted by Gasteiger charge is -2.04. The summed E-state index contributed by atoms with van der Waals surface area (Å²) in [6.45, 7) is 0. The largest absolute Gasteiger partial charge is 0.478 e. The molecule has 0 saturated carbocycles. The van der Waals surface area contributed by atoms with Crippen LogP contribution in [0, 0.1) is 0 Å². The first-order valence-electron chi connectivity index (χ1n) is 6.16. The second kappa shape index (κ2) is 5.01. The van der Waals surface area contributed by atoms with Gasteiger partial charge in [0.2, 0.25) is 0 Å². The third-order valence-electron chi connectivity index (χ3n) is 3.06. The Morgan fingerprint density at radius 3 is 2.90 bits per heavy atom. The molecule has 2 aromatic heterocycles. The predicted molar refractivity (Wildman–Crippen MR) is 77.7 cm³/mol. The van der Waals surface area contributed by atoms with Crippen LogP contribution in [0.4, 0.5) is 0 Å². The minimum absolute atomic E-state index is 0.865. The minimum Gasteiger partial charge on any atom is -0.478 e. The Labute approximate surface area is 115 Å². The fourth-order valence-electron chi connectivity index (χ4n) is 2.15. The van der Waals surface area contributed by atoms with E-state index in [4.69, 9.17) is 5.11 Å². The van der Waals surface area contributed by atoms with Crippen LogP contribution in [0.5, 0.6) is 0 Å². The van der Waals surface area contributed by atoms with Crippen molar-refractivity contribution in [2.24, 2.45) is 0 Å². The summed E-state index contributed by atoms with van der Waals surface area (Å²) < 4.78 is 2.05. The van der Waals surface area contributed by atoms with Crippen molar-refractivity contribution in [1.29, 1.82) is 0 Å². The van der Waals surface area contributed by atoms with Crippen LogP contribution in [-0.4, -0.2) is 20.6 Å². The molecule has 98 valence electrons. The number of nitrogens with zero attached hydrogens (tertiary/aromatic N) is 2. The van der Waals surface area contributed by atoms with Gasteiger partial charge in [0.15, 0.2) is 0 Å². The predicted octanol–water partition coefficient (Wildman–Crippen LogP) is 3.12. The Morgan fingerprint density at radius 1 is 1.25 bits per heavy atom. The van der Waals surface area contributed by atoms with E-state index in [1.807, 2.05) is 47.2 Å². The number of benzene rings is 1. The summed E-state index contributed by atoms with van der Waals surface area (Å²) in [5.41, 5.74) is 2.92. The standard InChI is InChI=1S/C16H12N2O2/c19-16(20)6-4-12-3-5-15-13(10-12)7-9-18(15)14-2-1-8-17-11-14/h1-11H,(H,19,20). The Morgan fingerprint density at radius 2 is 2.15 bits per heavy atom. The van der Waals surface area contributed by atoms with E-state index in [0.29, 0.717) is 0 Å². The molecule has 0 bridgehead atoms. The van der Waals surface area contributed by atoms with E-state index in [1.54, 1.807) is 18.5 Å². The smallest absolute Gasteiger partial charge is 0.328 e. The third kappa shape index (κ3) is 2.31. The summed E-state index contributed by atoms with van der Waals surface area (Å²) in [7, 11) is 0. The van der Waals surface area contributed by atoms with Crippen molar-refractivity contribution >= 4 is 22.9 Å². The number of carboxylic acids is 1. The molecular formula is C16H12N2O2. The normalized spacial score (nSPS) is 11.2. The zero-order valence-electron chi connectivity index (χ0n) is 10.6. The zero-order valence-corrected chi connectivity index (χ0v) is 10.6. The molecule has 0 aliphatic heterocycles. The first-order valence-corrected chi connectivity index (χ1v) is 6.16. The van der Waals surface area contributed by atoms with E-state index in [9.17, 15) is 4.79 Å². The molecule has 3 aromatic rings. The van der Waals surface area contributed by atoms with Gasteiger partial charge in [0.05, 0.1) is 17.4 Å². The molecule has 0 radical (unpaired) electrons. The van der Waals surface area contributed by atoms with Gasteiger partial charge in [0.25, 0.3) is 0 Å². The Bertz CT molecular complexity index is 789. The molecule has 0 unspecified atom stereocenters. The molecule has 0 aliphatic carbocycles. The van der Waals surface area contributed by atoms with E-state index < -0.39 is 5.97 Å². The van der Waals surface area contributed by atoms with Gasteiger partial charge in [0, 0.05) is 23.9 Å². The number of aliphatic carboxylic acids is 1. The lowest BCUT2D eigenvalue weighted by molar-refractivity contribution is -0.131. The van der Waals surface area contributed by atoms with Gasteiger partial charge in [-0.1, -0.05) is 6.07 Å². The van der Waals surface area contributed by atoms with Gasteiger partial charge in [-0.05, 0) is 42.0 Å². The number of rotatable bonds is 3. The fourth-order valence-corrected chi connectivity index (χ4v) is 2.15. The van der Waals surface area contributed by atoms with Crippen LogP contribution in [0.3, 0.4) is 0 Å². The second-order valence-corrected chi connectivity index (χ2v) is 4.39. The molecule has 0 saturated heterocycles. The Hall–Kier alpha value is -2.88. The Balaban J connectivity index is 2.05. The van der Waals surface area contributed by atoms with Gasteiger partial charge in [-0.2, -0.15) is 0 Å². The molecule has 0 spiro atoms. The molecule has 1 N–H and O–H groups in total. The molecule has 0 fully saturated rings. The van der Waals surface area contributed by atoms with Crippen LogP contribution in [-0.2, 0) is 4.79 Å². The fraction of sp³-hybridized carbons (Fsp3) is 0. The van der Waals surface area contributed by atoms with Crippen molar-refractivity contribution in [3.8, 4) is 5.69 Å². The van der Waals surface area contributed by atoms with Gasteiger partial charge in [-0.3, -0.25) is 4.98 Å². The molecule has 0 aliphatic rings. The number of hydrogen-bond acceptors (Lipinski definition) is 2. The molecular weight excluding hydrogens is 252 g/mol. The van der Waals surface area contributed by atoms with Gasteiger partial charge in [-0.25, -0.2) is 4.79 Å². The van der Waals surface area contributed by atoms with Crippen molar-refractivity contribution in [2.45, 2.75) is 0 Å². The number of carboxylic acid groups (broad SMARTS) is 1. The van der Waals surface area contributed by atoms with Crippen molar-refractivity contribution < 1.29 is 9.90 Å². The molecule has 2 heterocycles. The highest BCUT2D eigenvalue weighted by Crippen LogP contribution is 2.21. The van der Waals surface area contributed by atoms with Crippen LogP contribution in [0.2, 0.25) is 0 Å². The molecule has 1 aromatic carbocycles. The third-order valence-corrected chi connectivity index (χ3v) is 3.06. The topological polar surface area (TPSA) is 55.1 Å². The van der Waals surface area contributed by atoms with Crippen LogP contribution >= 0.6 is 0 Å². The van der Waals surface area contributed by atoms with Crippen LogP contribution in [0.15, 0.2) is 61.1 Å². The first-order chi connectivity index (χ1) is 9.74. The molecule has 3 rings (SSSR count). The van der Waals surface area contributed by atoms with Gasteiger partial charge >= 0.3 is 5.97 Å². The number of aromatic nitrogens is 2. The maximum Gasteiger partial charge on any atom is 0.328 e. The maximum atomic E-state index is 10.5. The monoisotopic (exact) mass is 264 g/mol. The SMILES string of the molecule is O=C(O)C=Cc1ccc2c(ccn2-c2cccnc2)c1. The van der Waals surface area contributed by atoms with Gasteiger partial charge in [-0.15, -0.1) is 0 Å². The van der Waals surface area contributed by atoms with Crippen molar-refractivity contribution in [3.05, 3.63) is 66.6 Å². The van der Waals surface area contributed by atoms with Crippen molar-refractivity contribution in [3.63, 3.8) is 0 Å². The van der Waals surface area contributed by atoms with E-state index >= 15 is 0 Å². The molecule has 0 atom stereocenters. The number of pyridine rings is 1. The minimum atomic E-state index is -0.946. The van der Waals surface area contributed by atoms with E-state index in [2.05, 4.69) is 4.98 Å². The molecule has 20 heavy (non-hydrogen) atoms. The van der Waals surface area contributed by atoms with E-state index in [-0.39, 0.29) is 0 Å². The highest BCUT2D eigenvalue weighted by molar-refractivity contribution is 5.88. The second-order valence-electron chi connectivity index (χ2n) is 4.39. The Kier molecular flexibility index (Phi) is 3.05. The van der Waals surface area contributed by atoms with Crippen molar-refractivity contribution in [2.75, 3.05) is 0 Å². The summed E-state index contributed by atoms with van der Waals surface area (Å²) >= 11 is 0. The van der Waals surface area contributed by atoms with E-state index in [0.717, 1.165) is 28.2 Å². The summed E-state index contributed by atoms with van der Waals surface area (Å²) in [6, 6.07) is 11.7. The number of carbonyl (C=O) groups is 1. The summed E-state index contributed by atoms with van der Waals surface area (Å²) in [5.74, 6) is -0.946. The van der Waals surface area contributed by atoms with E-state index in [1.165, 1.54) is 0 Å². The van der Waals surface area contributed by atoms with Crippen LogP contribution < -0.4 is 0 Å². The quantitative estimate of drug-likeness (QED) is 0.739. The lowest BCUT2D eigenvalue weighted by atomic mass is 10.1. The van der Waals surface area contributed by atoms with Gasteiger partial charge in [0.1, 0.15) is 0 Å². The number of fused-ring (bicyclic) bond motifs is 1. The number of hydrogen-bond donors (Lipinski definition) is 1. The maximum absolute atomic E-state index is 10.5. The van der Waals surface area contributed by atoms with Crippen LogP contribution in [0.25, 0.3) is 22.7 Å². The molecule has 4 nitrogen and oxygen atoms in total. The first kappa shape index (κ1) is 12.2. The summed E-state index contributed by atoms with van der Waals surface area (Å²) in [6.07, 6.45) is 8.25. The zero-order chi connectivity index (χ0) is 13.9. The average molecular weight is 264 g/mol. The molecule has 4 heteroatoms. The molecule has 0 amide bonds. The summed E-state index contributed by atoms with van der Waals surface area (Å²) in [5, 5.41) is 9.70. The lowest BCUT2D eigenvalue weighted by Crippen LogP contribution is -1.91. The van der Waals surface area contributed by atoms with Gasteiger partial charge < -0.3 is 9.67 Å². The summed E-state index contributed by atoms with van der Waals surface area (Å²) in [4.78, 5) is 14.6. The highest BCUT2D eigenvalue weighted by Gasteiger charge is 2.03. The van der Waals surface area contributed by atoms with Crippen LogP contribution in [0.1, 0.15) is 5.56 Å².